The first-order valence-corrected chi connectivity index (χ1v) is 9.99. The van der Waals surface area contributed by atoms with Gasteiger partial charge in [-0.05, 0) is 49.2 Å². The molecule has 4 rings (SSSR count). The van der Waals surface area contributed by atoms with E-state index < -0.39 is 0 Å². The summed E-state index contributed by atoms with van der Waals surface area (Å²) in [6, 6.07) is 16.0. The molecule has 6 heteroatoms. The molecular formula is C20H20ClN3OS. The molecule has 0 aliphatic carbocycles. The molecule has 26 heavy (non-hydrogen) atoms. The van der Waals surface area contributed by atoms with E-state index in [9.17, 15) is 4.79 Å². The van der Waals surface area contributed by atoms with Crippen molar-refractivity contribution in [2.75, 3.05) is 13.1 Å². The van der Waals surface area contributed by atoms with Crippen molar-refractivity contribution < 1.29 is 4.79 Å². The highest BCUT2D eigenvalue weighted by atomic mass is 35.5. The zero-order valence-electron chi connectivity index (χ0n) is 14.3. The second-order valence-corrected chi connectivity index (χ2v) is 8.05. The lowest BCUT2D eigenvalue weighted by Crippen LogP contribution is -2.36. The quantitative estimate of drug-likeness (QED) is 0.707. The Morgan fingerprint density at radius 3 is 2.85 bits per heavy atom. The van der Waals surface area contributed by atoms with E-state index >= 15 is 0 Å². The molecule has 4 nitrogen and oxygen atoms in total. The number of carbonyl (C=O) groups is 1. The van der Waals surface area contributed by atoms with Gasteiger partial charge in [0.1, 0.15) is 5.01 Å². The highest BCUT2D eigenvalue weighted by Crippen LogP contribution is 2.36. The topological polar surface area (TPSA) is 45.2 Å². The van der Waals surface area contributed by atoms with E-state index in [1.54, 1.807) is 11.3 Å². The van der Waals surface area contributed by atoms with Crippen LogP contribution >= 0.6 is 22.9 Å². The number of thiazole rings is 1. The molecule has 134 valence electrons. The van der Waals surface area contributed by atoms with Crippen LogP contribution in [0.2, 0.25) is 5.02 Å². The number of halogens is 1. The summed E-state index contributed by atoms with van der Waals surface area (Å²) < 4.78 is 1.21. The number of hydrogen-bond acceptors (Lipinski definition) is 4. The van der Waals surface area contributed by atoms with E-state index in [4.69, 9.17) is 16.6 Å². The normalized spacial score (nSPS) is 17.7. The zero-order chi connectivity index (χ0) is 17.9. The van der Waals surface area contributed by atoms with Crippen LogP contribution < -0.4 is 5.32 Å². The van der Waals surface area contributed by atoms with Crippen LogP contribution in [0.25, 0.3) is 10.2 Å². The Bertz CT molecular complexity index is 876. The van der Waals surface area contributed by atoms with Crippen molar-refractivity contribution in [3.63, 3.8) is 0 Å². The molecule has 2 heterocycles. The smallest absolute Gasteiger partial charge is 0.234 e. The molecule has 3 aromatic rings. The second kappa shape index (κ2) is 7.74. The van der Waals surface area contributed by atoms with Gasteiger partial charge in [-0.25, -0.2) is 4.98 Å². The van der Waals surface area contributed by atoms with E-state index in [0.29, 0.717) is 18.1 Å². The summed E-state index contributed by atoms with van der Waals surface area (Å²) in [6.45, 7) is 1.87. The van der Waals surface area contributed by atoms with Gasteiger partial charge in [0, 0.05) is 11.6 Å². The number of rotatable bonds is 5. The Kier molecular flexibility index (Phi) is 5.20. The molecule has 1 aromatic heterocycles. The fourth-order valence-corrected chi connectivity index (χ4v) is 4.63. The largest absolute Gasteiger partial charge is 0.351 e. The van der Waals surface area contributed by atoms with Gasteiger partial charge >= 0.3 is 0 Å². The van der Waals surface area contributed by atoms with Gasteiger partial charge < -0.3 is 5.32 Å². The van der Waals surface area contributed by atoms with Crippen LogP contribution in [-0.2, 0) is 11.3 Å². The fourth-order valence-electron chi connectivity index (χ4n) is 3.37. The van der Waals surface area contributed by atoms with E-state index in [2.05, 4.69) is 16.3 Å². The Labute approximate surface area is 161 Å². The van der Waals surface area contributed by atoms with E-state index in [-0.39, 0.29) is 11.9 Å². The number of nitrogens with zero attached hydrogens (tertiary/aromatic N) is 2. The average molecular weight is 386 g/mol. The minimum atomic E-state index is 0.0490. The third-order valence-electron chi connectivity index (χ3n) is 4.71. The number of hydrogen-bond donors (Lipinski definition) is 1. The Balaban J connectivity index is 1.38. The summed E-state index contributed by atoms with van der Waals surface area (Å²) >= 11 is 7.63. The van der Waals surface area contributed by atoms with Crippen molar-refractivity contribution in [1.29, 1.82) is 0 Å². The molecule has 0 radical (unpaired) electrons. The fraction of sp³-hybridized carbons (Fsp3) is 0.300. The molecule has 0 spiro atoms. The number of nitrogens with one attached hydrogen (secondary N) is 1. The standard InChI is InChI=1S/C20H20ClN3OS/c21-15-9-7-14(8-10-15)12-22-19(25)13-24-11-3-5-17(24)20-23-16-4-1-2-6-18(16)26-20/h1-2,4,6-10,17H,3,5,11-13H2,(H,22,25)/t17-/m0/s1. The maximum Gasteiger partial charge on any atom is 0.234 e. The van der Waals surface area contributed by atoms with Crippen molar-refractivity contribution in [2.45, 2.75) is 25.4 Å². The summed E-state index contributed by atoms with van der Waals surface area (Å²) in [5, 5.41) is 4.83. The predicted octanol–water partition coefficient (Wildman–Crippen LogP) is 4.40. The van der Waals surface area contributed by atoms with Gasteiger partial charge in [-0.15, -0.1) is 11.3 Å². The van der Waals surface area contributed by atoms with E-state index in [1.165, 1.54) is 4.70 Å². The van der Waals surface area contributed by atoms with Gasteiger partial charge in [-0.2, -0.15) is 0 Å². The van der Waals surface area contributed by atoms with Gasteiger partial charge in [0.2, 0.25) is 5.91 Å². The first kappa shape index (κ1) is 17.5. The third-order valence-corrected chi connectivity index (χ3v) is 6.10. The summed E-state index contributed by atoms with van der Waals surface area (Å²) in [4.78, 5) is 19.4. The Morgan fingerprint density at radius 1 is 1.23 bits per heavy atom. The number of carbonyl (C=O) groups excluding carboxylic acids is 1. The summed E-state index contributed by atoms with van der Waals surface area (Å²) in [5.41, 5.74) is 2.10. The minimum absolute atomic E-state index is 0.0490. The third kappa shape index (κ3) is 3.90. The first-order valence-electron chi connectivity index (χ1n) is 8.80. The average Bonchev–Trinajstić information content (AvgIpc) is 3.27. The number of aromatic nitrogens is 1. The van der Waals surface area contributed by atoms with Crippen molar-refractivity contribution >= 4 is 39.1 Å². The molecule has 0 unspecified atom stereocenters. The molecule has 1 fully saturated rings. The Morgan fingerprint density at radius 2 is 2.04 bits per heavy atom. The summed E-state index contributed by atoms with van der Waals surface area (Å²) in [6.07, 6.45) is 2.16. The highest BCUT2D eigenvalue weighted by Gasteiger charge is 2.29. The molecule has 1 saturated heterocycles. The molecule has 1 amide bonds. The van der Waals surface area contributed by atoms with Gasteiger partial charge in [0.15, 0.2) is 0 Å². The number of benzene rings is 2. The lowest BCUT2D eigenvalue weighted by atomic mass is 10.2. The van der Waals surface area contributed by atoms with E-state index in [0.717, 1.165) is 35.5 Å². The second-order valence-electron chi connectivity index (χ2n) is 6.55. The predicted molar refractivity (Wildman–Crippen MR) is 106 cm³/mol. The van der Waals surface area contributed by atoms with Crippen LogP contribution in [0.4, 0.5) is 0 Å². The van der Waals surface area contributed by atoms with Crippen LogP contribution in [0.3, 0.4) is 0 Å². The highest BCUT2D eigenvalue weighted by molar-refractivity contribution is 7.18. The van der Waals surface area contributed by atoms with Gasteiger partial charge in [0.05, 0.1) is 22.8 Å². The maximum atomic E-state index is 12.4. The Hall–Kier alpha value is -1.95. The van der Waals surface area contributed by atoms with Crippen LogP contribution in [0.1, 0.15) is 29.5 Å². The number of amides is 1. The lowest BCUT2D eigenvalue weighted by molar-refractivity contribution is -0.122. The van der Waals surface area contributed by atoms with Gasteiger partial charge in [-0.3, -0.25) is 9.69 Å². The van der Waals surface area contributed by atoms with Gasteiger partial charge in [-0.1, -0.05) is 35.9 Å². The molecule has 1 aliphatic heterocycles. The summed E-state index contributed by atoms with van der Waals surface area (Å²) in [5.74, 6) is 0.0490. The van der Waals surface area contributed by atoms with Crippen LogP contribution in [-0.4, -0.2) is 28.9 Å². The van der Waals surface area contributed by atoms with Crippen molar-refractivity contribution in [2.24, 2.45) is 0 Å². The first-order chi connectivity index (χ1) is 12.7. The molecule has 2 aromatic carbocycles. The lowest BCUT2D eigenvalue weighted by Gasteiger charge is -2.22. The number of fused-ring (bicyclic) bond motifs is 1. The molecule has 0 saturated carbocycles. The van der Waals surface area contributed by atoms with Crippen LogP contribution in [0, 0.1) is 0 Å². The summed E-state index contributed by atoms with van der Waals surface area (Å²) in [7, 11) is 0. The monoisotopic (exact) mass is 385 g/mol. The van der Waals surface area contributed by atoms with Crippen molar-refractivity contribution in [3.8, 4) is 0 Å². The maximum absolute atomic E-state index is 12.4. The molecular weight excluding hydrogens is 366 g/mol. The van der Waals surface area contributed by atoms with Crippen molar-refractivity contribution in [1.82, 2.24) is 15.2 Å². The minimum Gasteiger partial charge on any atom is -0.351 e. The molecule has 1 aliphatic rings. The number of para-hydroxylation sites is 1. The van der Waals surface area contributed by atoms with E-state index in [1.807, 2.05) is 42.5 Å². The number of likely N-dealkylation sites (tertiary alicyclic amines) is 1. The zero-order valence-corrected chi connectivity index (χ0v) is 15.9. The molecule has 1 N–H and O–H groups in total. The van der Waals surface area contributed by atoms with Crippen LogP contribution in [0.15, 0.2) is 48.5 Å². The SMILES string of the molecule is O=C(CN1CCC[C@H]1c1nc2ccccc2s1)NCc1ccc(Cl)cc1. The van der Waals surface area contributed by atoms with Crippen LogP contribution in [0.5, 0.6) is 0 Å². The van der Waals surface area contributed by atoms with Crippen molar-refractivity contribution in [3.05, 3.63) is 64.1 Å². The molecule has 1 atom stereocenters. The van der Waals surface area contributed by atoms with Gasteiger partial charge in [0.25, 0.3) is 0 Å². The molecule has 0 bridgehead atoms.